The molecule has 1 aromatic heterocycles. The van der Waals surface area contributed by atoms with E-state index in [1.54, 1.807) is 0 Å². The predicted octanol–water partition coefficient (Wildman–Crippen LogP) is 4.71. The average Bonchev–Trinajstić information content (AvgIpc) is 2.75. The van der Waals surface area contributed by atoms with Gasteiger partial charge in [0.25, 0.3) is 0 Å². The highest BCUT2D eigenvalue weighted by atomic mass is 32.1. The van der Waals surface area contributed by atoms with Crippen molar-refractivity contribution in [3.05, 3.63) is 52.3 Å². The van der Waals surface area contributed by atoms with Gasteiger partial charge in [-0.05, 0) is 61.8 Å². The van der Waals surface area contributed by atoms with Gasteiger partial charge in [0.2, 0.25) is 0 Å². The Hall–Kier alpha value is -1.61. The Bertz CT molecular complexity index is 653. The Morgan fingerprint density at radius 1 is 1.29 bits per heavy atom. The van der Waals surface area contributed by atoms with Crippen molar-refractivity contribution in [2.75, 3.05) is 18.1 Å². The highest BCUT2D eigenvalue weighted by Gasteiger charge is 2.10. The second kappa shape index (κ2) is 6.90. The molecule has 0 aliphatic rings. The molecule has 0 bridgehead atoms. The van der Waals surface area contributed by atoms with Crippen molar-refractivity contribution in [2.24, 2.45) is 0 Å². The number of rotatable bonds is 5. The maximum Gasteiger partial charge on any atom is 0.0417 e. The zero-order valence-electron chi connectivity index (χ0n) is 13.2. The minimum absolute atomic E-state index is 0.879. The number of benzene rings is 1. The number of hydrogen-bond acceptors (Lipinski definition) is 2. The van der Waals surface area contributed by atoms with Crippen LogP contribution in [0, 0.1) is 13.8 Å². The molecule has 0 atom stereocenters. The predicted molar refractivity (Wildman–Crippen MR) is 97.4 cm³/mol. The van der Waals surface area contributed by atoms with E-state index in [4.69, 9.17) is 0 Å². The fourth-order valence-corrected chi connectivity index (χ4v) is 3.01. The van der Waals surface area contributed by atoms with Gasteiger partial charge in [0.05, 0.1) is 0 Å². The molecule has 0 saturated heterocycles. The average molecular weight is 300 g/mol. The largest absolute Gasteiger partial charge is 0.388 e. The number of H-pyrrole nitrogens is 1. The van der Waals surface area contributed by atoms with E-state index in [2.05, 4.69) is 74.0 Å². The van der Waals surface area contributed by atoms with Crippen LogP contribution in [0.25, 0.3) is 11.6 Å². The normalized spacial score (nSPS) is 11.8. The molecule has 2 N–H and O–H groups in total. The topological polar surface area (TPSA) is 27.8 Å². The van der Waals surface area contributed by atoms with Gasteiger partial charge in [-0.15, -0.1) is 0 Å². The summed E-state index contributed by atoms with van der Waals surface area (Å²) in [5, 5.41) is 3.25. The van der Waals surface area contributed by atoms with Crippen molar-refractivity contribution in [1.29, 1.82) is 0 Å². The van der Waals surface area contributed by atoms with Crippen LogP contribution in [0.5, 0.6) is 0 Å². The van der Waals surface area contributed by atoms with E-state index in [9.17, 15) is 0 Å². The summed E-state index contributed by atoms with van der Waals surface area (Å²) in [7, 11) is 1.96. The second-order valence-corrected chi connectivity index (χ2v) is 5.81. The summed E-state index contributed by atoms with van der Waals surface area (Å²) >= 11 is 4.35. The van der Waals surface area contributed by atoms with Crippen LogP contribution in [0.1, 0.15) is 35.0 Å². The van der Waals surface area contributed by atoms with E-state index in [1.807, 2.05) is 7.05 Å². The summed E-state index contributed by atoms with van der Waals surface area (Å²) < 4.78 is 0. The Morgan fingerprint density at radius 2 is 2.00 bits per heavy atom. The maximum absolute atomic E-state index is 4.35. The lowest BCUT2D eigenvalue weighted by molar-refractivity contribution is 1.10. The lowest BCUT2D eigenvalue weighted by Crippen LogP contribution is -1.93. The van der Waals surface area contributed by atoms with Crippen LogP contribution in [-0.2, 0) is 6.42 Å². The molecule has 0 saturated carbocycles. The first-order valence-corrected chi connectivity index (χ1v) is 7.96. The molecule has 21 heavy (non-hydrogen) atoms. The number of anilines is 1. The van der Waals surface area contributed by atoms with Crippen molar-refractivity contribution in [1.82, 2.24) is 4.98 Å². The van der Waals surface area contributed by atoms with Gasteiger partial charge in [-0.3, -0.25) is 0 Å². The van der Waals surface area contributed by atoms with Crippen LogP contribution in [0.2, 0.25) is 0 Å². The lowest BCUT2D eigenvalue weighted by atomic mass is 10.0. The van der Waals surface area contributed by atoms with Crippen molar-refractivity contribution in [2.45, 2.75) is 27.2 Å². The Balaban J connectivity index is 2.41. The molecule has 0 radical (unpaired) electrons. The molecule has 0 amide bonds. The van der Waals surface area contributed by atoms with E-state index in [0.29, 0.717) is 0 Å². The van der Waals surface area contributed by atoms with E-state index in [-0.39, 0.29) is 0 Å². The minimum Gasteiger partial charge on any atom is -0.388 e. The fraction of sp³-hybridized carbons (Fsp3) is 0.333. The smallest absolute Gasteiger partial charge is 0.0417 e. The molecular weight excluding hydrogens is 276 g/mol. The van der Waals surface area contributed by atoms with Crippen LogP contribution >= 0.6 is 12.6 Å². The molecule has 3 heteroatoms. The molecule has 2 rings (SSSR count). The molecule has 2 nitrogen and oxygen atoms in total. The van der Waals surface area contributed by atoms with Crippen molar-refractivity contribution < 1.29 is 0 Å². The van der Waals surface area contributed by atoms with Gasteiger partial charge in [0.15, 0.2) is 0 Å². The van der Waals surface area contributed by atoms with Gasteiger partial charge < -0.3 is 10.3 Å². The molecule has 0 unspecified atom stereocenters. The van der Waals surface area contributed by atoms with Crippen LogP contribution in [0.4, 0.5) is 5.69 Å². The first-order valence-electron chi connectivity index (χ1n) is 7.32. The molecule has 0 fully saturated rings. The van der Waals surface area contributed by atoms with Crippen LogP contribution < -0.4 is 5.32 Å². The molecule has 0 aliphatic heterocycles. The van der Waals surface area contributed by atoms with Gasteiger partial charge in [0, 0.05) is 29.7 Å². The molecule has 1 heterocycles. The van der Waals surface area contributed by atoms with Crippen LogP contribution in [-0.4, -0.2) is 17.8 Å². The second-order valence-electron chi connectivity index (χ2n) is 5.36. The van der Waals surface area contributed by atoms with E-state index < -0.39 is 0 Å². The molecule has 0 spiro atoms. The van der Waals surface area contributed by atoms with E-state index >= 15 is 0 Å². The summed E-state index contributed by atoms with van der Waals surface area (Å²) in [5.74, 6) is 0.879. The van der Waals surface area contributed by atoms with E-state index in [0.717, 1.165) is 17.9 Å². The third kappa shape index (κ3) is 3.35. The Kier molecular flexibility index (Phi) is 5.18. The van der Waals surface area contributed by atoms with Gasteiger partial charge in [0.1, 0.15) is 0 Å². The van der Waals surface area contributed by atoms with Crippen LogP contribution in [0.15, 0.2) is 24.3 Å². The summed E-state index contributed by atoms with van der Waals surface area (Å²) in [6, 6.07) is 8.38. The van der Waals surface area contributed by atoms with E-state index in [1.165, 1.54) is 33.7 Å². The van der Waals surface area contributed by atoms with Crippen molar-refractivity contribution >= 4 is 30.0 Å². The Labute approximate surface area is 133 Å². The number of aromatic amines is 1. The van der Waals surface area contributed by atoms with Crippen molar-refractivity contribution in [3.8, 4) is 0 Å². The Morgan fingerprint density at radius 3 is 2.67 bits per heavy atom. The quantitative estimate of drug-likeness (QED) is 0.686. The number of thiol groups is 1. The van der Waals surface area contributed by atoms with Gasteiger partial charge in [-0.2, -0.15) is 12.6 Å². The first-order chi connectivity index (χ1) is 10.1. The monoisotopic (exact) mass is 300 g/mol. The SMILES string of the molecule is CNc1ccccc1/C(C)=C\c1[nH]c(C)c(CCS)c1C. The number of aryl methyl sites for hydroxylation is 1. The third-order valence-electron chi connectivity index (χ3n) is 3.98. The number of aromatic nitrogens is 1. The summed E-state index contributed by atoms with van der Waals surface area (Å²) in [4.78, 5) is 3.51. The summed E-state index contributed by atoms with van der Waals surface area (Å²) in [6.07, 6.45) is 3.25. The standard InChI is InChI=1S/C18H24N2S/c1-12(15-7-5-6-8-17(15)19-4)11-18-13(2)16(9-10-21)14(3)20-18/h5-8,11,19-21H,9-10H2,1-4H3/b12-11-. The third-order valence-corrected chi connectivity index (χ3v) is 4.20. The highest BCUT2D eigenvalue weighted by Crippen LogP contribution is 2.27. The zero-order chi connectivity index (χ0) is 15.4. The number of nitrogens with one attached hydrogen (secondary N) is 2. The van der Waals surface area contributed by atoms with Gasteiger partial charge >= 0.3 is 0 Å². The molecule has 0 aliphatic carbocycles. The lowest BCUT2D eigenvalue weighted by Gasteiger charge is -2.09. The first kappa shape index (κ1) is 15.8. The number of hydrogen-bond donors (Lipinski definition) is 3. The summed E-state index contributed by atoms with van der Waals surface area (Å²) in [5.41, 5.74) is 8.83. The molecular formula is C18H24N2S. The molecule has 2 aromatic rings. The number of allylic oxidation sites excluding steroid dienone is 1. The maximum atomic E-state index is 4.35. The molecule has 1 aromatic carbocycles. The van der Waals surface area contributed by atoms with Gasteiger partial charge in [-0.1, -0.05) is 18.2 Å². The molecule has 112 valence electrons. The number of para-hydroxylation sites is 1. The van der Waals surface area contributed by atoms with Crippen LogP contribution in [0.3, 0.4) is 0 Å². The fourth-order valence-electron chi connectivity index (χ4n) is 2.79. The summed E-state index contributed by atoms with van der Waals surface area (Å²) in [6.45, 7) is 6.48. The van der Waals surface area contributed by atoms with Gasteiger partial charge in [-0.25, -0.2) is 0 Å². The zero-order valence-corrected chi connectivity index (χ0v) is 14.1. The highest BCUT2D eigenvalue weighted by molar-refractivity contribution is 7.80. The van der Waals surface area contributed by atoms with Crippen molar-refractivity contribution in [3.63, 3.8) is 0 Å². The minimum atomic E-state index is 0.879.